The average molecular weight is 278 g/mol. The fourth-order valence-electron chi connectivity index (χ4n) is 2.37. The number of thioether (sulfide) groups is 1. The zero-order chi connectivity index (χ0) is 13.5. The smallest absolute Gasteiger partial charge is 0.223 e. The molecular weight excluding hydrogens is 256 g/mol. The summed E-state index contributed by atoms with van der Waals surface area (Å²) in [5.41, 5.74) is 0. The first-order valence-electron chi connectivity index (χ1n) is 6.94. The van der Waals surface area contributed by atoms with Gasteiger partial charge in [0.2, 0.25) is 5.91 Å². The Balaban J connectivity index is 1.64. The molecule has 2 rings (SSSR count). The number of hydrogen-bond donors (Lipinski definition) is 2. The number of piperidine rings is 1. The molecule has 1 aliphatic rings. The standard InChI is InChI=1S/C15H22N2OS/c1-12-11-13(7-8-16-12)15(18)17-9-10-19-14-5-3-2-4-6-14/h2-6,12-13,16H,7-11H2,1H3,(H,17,18). The van der Waals surface area contributed by atoms with Gasteiger partial charge in [-0.1, -0.05) is 18.2 Å². The molecule has 1 heterocycles. The molecule has 0 aromatic heterocycles. The fourth-order valence-corrected chi connectivity index (χ4v) is 3.16. The maximum Gasteiger partial charge on any atom is 0.223 e. The molecule has 3 nitrogen and oxygen atoms in total. The summed E-state index contributed by atoms with van der Waals surface area (Å²) in [7, 11) is 0. The van der Waals surface area contributed by atoms with E-state index in [4.69, 9.17) is 0 Å². The van der Waals surface area contributed by atoms with Crippen LogP contribution in [0.1, 0.15) is 19.8 Å². The summed E-state index contributed by atoms with van der Waals surface area (Å²) in [6.45, 7) is 3.85. The molecule has 0 radical (unpaired) electrons. The van der Waals surface area contributed by atoms with Gasteiger partial charge in [-0.25, -0.2) is 0 Å². The van der Waals surface area contributed by atoms with E-state index in [1.807, 2.05) is 18.2 Å². The third-order valence-electron chi connectivity index (χ3n) is 3.41. The van der Waals surface area contributed by atoms with Crippen molar-refractivity contribution in [1.82, 2.24) is 10.6 Å². The van der Waals surface area contributed by atoms with E-state index in [9.17, 15) is 4.79 Å². The van der Waals surface area contributed by atoms with Gasteiger partial charge >= 0.3 is 0 Å². The maximum atomic E-state index is 12.0. The van der Waals surface area contributed by atoms with Gasteiger partial charge in [0.25, 0.3) is 0 Å². The molecule has 1 saturated heterocycles. The van der Waals surface area contributed by atoms with Crippen LogP contribution in [-0.2, 0) is 4.79 Å². The van der Waals surface area contributed by atoms with Crippen molar-refractivity contribution in [3.05, 3.63) is 30.3 Å². The first-order valence-corrected chi connectivity index (χ1v) is 7.93. The van der Waals surface area contributed by atoms with Crippen LogP contribution in [0.3, 0.4) is 0 Å². The van der Waals surface area contributed by atoms with Gasteiger partial charge in [-0.05, 0) is 38.4 Å². The van der Waals surface area contributed by atoms with E-state index in [0.29, 0.717) is 6.04 Å². The summed E-state index contributed by atoms with van der Waals surface area (Å²) in [5, 5.41) is 6.43. The van der Waals surface area contributed by atoms with Gasteiger partial charge in [0.15, 0.2) is 0 Å². The quantitative estimate of drug-likeness (QED) is 0.641. The molecule has 19 heavy (non-hydrogen) atoms. The topological polar surface area (TPSA) is 41.1 Å². The number of rotatable bonds is 5. The molecule has 104 valence electrons. The lowest BCUT2D eigenvalue weighted by Crippen LogP contribution is -2.42. The molecule has 2 N–H and O–H groups in total. The molecule has 4 heteroatoms. The van der Waals surface area contributed by atoms with Crippen LogP contribution in [0.2, 0.25) is 0 Å². The zero-order valence-electron chi connectivity index (χ0n) is 11.4. The largest absolute Gasteiger partial charge is 0.355 e. The summed E-state index contributed by atoms with van der Waals surface area (Å²) in [6.07, 6.45) is 1.92. The van der Waals surface area contributed by atoms with Crippen LogP contribution in [0.4, 0.5) is 0 Å². The van der Waals surface area contributed by atoms with Gasteiger partial charge in [-0.15, -0.1) is 11.8 Å². The highest BCUT2D eigenvalue weighted by Crippen LogP contribution is 2.17. The Hall–Kier alpha value is -1.00. The Kier molecular flexibility index (Phi) is 5.73. The van der Waals surface area contributed by atoms with Gasteiger partial charge in [0.05, 0.1) is 0 Å². The van der Waals surface area contributed by atoms with Gasteiger partial charge < -0.3 is 10.6 Å². The highest BCUT2D eigenvalue weighted by Gasteiger charge is 2.24. The van der Waals surface area contributed by atoms with Crippen molar-refractivity contribution in [1.29, 1.82) is 0 Å². The highest BCUT2D eigenvalue weighted by atomic mass is 32.2. The third kappa shape index (κ3) is 4.88. The number of benzene rings is 1. The third-order valence-corrected chi connectivity index (χ3v) is 4.42. The number of amides is 1. The highest BCUT2D eigenvalue weighted by molar-refractivity contribution is 7.99. The van der Waals surface area contributed by atoms with Crippen LogP contribution in [0, 0.1) is 5.92 Å². The minimum Gasteiger partial charge on any atom is -0.355 e. The van der Waals surface area contributed by atoms with Gasteiger partial charge in [-0.2, -0.15) is 0 Å². The van der Waals surface area contributed by atoms with Gasteiger partial charge in [0, 0.05) is 29.2 Å². The van der Waals surface area contributed by atoms with Crippen molar-refractivity contribution in [3.8, 4) is 0 Å². The van der Waals surface area contributed by atoms with Gasteiger partial charge in [-0.3, -0.25) is 4.79 Å². The normalized spacial score (nSPS) is 23.0. The lowest BCUT2D eigenvalue weighted by Gasteiger charge is -2.27. The van der Waals surface area contributed by atoms with Crippen LogP contribution in [0.25, 0.3) is 0 Å². The molecule has 1 aromatic rings. The Morgan fingerprint density at radius 1 is 1.42 bits per heavy atom. The van der Waals surface area contributed by atoms with Crippen molar-refractivity contribution in [2.24, 2.45) is 5.92 Å². The first kappa shape index (κ1) is 14.4. The van der Waals surface area contributed by atoms with E-state index in [-0.39, 0.29) is 11.8 Å². The van der Waals surface area contributed by atoms with Crippen molar-refractivity contribution in [2.45, 2.75) is 30.7 Å². The number of hydrogen-bond acceptors (Lipinski definition) is 3. The van der Waals surface area contributed by atoms with Crippen LogP contribution in [-0.4, -0.2) is 30.8 Å². The predicted molar refractivity (Wildman–Crippen MR) is 80.4 cm³/mol. The second kappa shape index (κ2) is 7.56. The Morgan fingerprint density at radius 2 is 2.21 bits per heavy atom. The fraction of sp³-hybridized carbons (Fsp3) is 0.533. The summed E-state index contributed by atoms with van der Waals surface area (Å²) >= 11 is 1.78. The molecule has 0 saturated carbocycles. The summed E-state index contributed by atoms with van der Waals surface area (Å²) in [5.74, 6) is 1.34. The van der Waals surface area contributed by atoms with Crippen LogP contribution >= 0.6 is 11.8 Å². The SMILES string of the molecule is CC1CC(C(=O)NCCSc2ccccc2)CCN1. The lowest BCUT2D eigenvalue weighted by molar-refractivity contribution is -0.125. The Bertz CT molecular complexity index is 396. The van der Waals surface area contributed by atoms with Crippen molar-refractivity contribution < 1.29 is 4.79 Å². The number of carbonyl (C=O) groups is 1. The second-order valence-electron chi connectivity index (χ2n) is 5.03. The summed E-state index contributed by atoms with van der Waals surface area (Å²) < 4.78 is 0. The average Bonchev–Trinajstić information content (AvgIpc) is 2.44. The molecule has 0 spiro atoms. The van der Waals surface area contributed by atoms with E-state index < -0.39 is 0 Å². The molecular formula is C15H22N2OS. The minimum absolute atomic E-state index is 0.193. The van der Waals surface area contributed by atoms with E-state index >= 15 is 0 Å². The van der Waals surface area contributed by atoms with E-state index in [1.165, 1.54) is 4.90 Å². The van der Waals surface area contributed by atoms with Gasteiger partial charge in [0.1, 0.15) is 0 Å². The van der Waals surface area contributed by atoms with Crippen molar-refractivity contribution in [3.63, 3.8) is 0 Å². The maximum absolute atomic E-state index is 12.0. The monoisotopic (exact) mass is 278 g/mol. The van der Waals surface area contributed by atoms with E-state index in [2.05, 4.69) is 29.7 Å². The molecule has 1 aromatic carbocycles. The lowest BCUT2D eigenvalue weighted by atomic mass is 9.92. The summed E-state index contributed by atoms with van der Waals surface area (Å²) in [6, 6.07) is 10.8. The van der Waals surface area contributed by atoms with Crippen molar-refractivity contribution in [2.75, 3.05) is 18.8 Å². The summed E-state index contributed by atoms with van der Waals surface area (Å²) in [4.78, 5) is 13.3. The molecule has 0 bridgehead atoms. The number of nitrogens with one attached hydrogen (secondary N) is 2. The molecule has 2 unspecified atom stereocenters. The van der Waals surface area contributed by atoms with Crippen LogP contribution in [0.5, 0.6) is 0 Å². The predicted octanol–water partition coefficient (Wildman–Crippen LogP) is 2.28. The second-order valence-corrected chi connectivity index (χ2v) is 6.20. The first-order chi connectivity index (χ1) is 9.25. The minimum atomic E-state index is 0.193. The van der Waals surface area contributed by atoms with Crippen LogP contribution < -0.4 is 10.6 Å². The number of carbonyl (C=O) groups excluding carboxylic acids is 1. The molecule has 1 amide bonds. The van der Waals surface area contributed by atoms with Crippen molar-refractivity contribution >= 4 is 17.7 Å². The zero-order valence-corrected chi connectivity index (χ0v) is 12.2. The molecule has 0 aliphatic carbocycles. The Morgan fingerprint density at radius 3 is 2.95 bits per heavy atom. The molecule has 1 aliphatic heterocycles. The Labute approximate surface area is 119 Å². The van der Waals surface area contributed by atoms with E-state index in [1.54, 1.807) is 11.8 Å². The van der Waals surface area contributed by atoms with E-state index in [0.717, 1.165) is 31.7 Å². The molecule has 1 fully saturated rings. The molecule has 2 atom stereocenters. The van der Waals surface area contributed by atoms with Crippen LogP contribution in [0.15, 0.2) is 35.2 Å².